The van der Waals surface area contributed by atoms with Crippen LogP contribution in [0.1, 0.15) is 16.8 Å². The molecule has 18 heavy (non-hydrogen) atoms. The fourth-order valence-corrected chi connectivity index (χ4v) is 2.62. The summed E-state index contributed by atoms with van der Waals surface area (Å²) in [4.78, 5) is 11.9. The van der Waals surface area contributed by atoms with E-state index >= 15 is 0 Å². The number of rotatable bonds is 3. The van der Waals surface area contributed by atoms with Crippen LogP contribution in [0, 0.1) is 15.3 Å². The highest BCUT2D eigenvalue weighted by atomic mass is 127. The molecule has 0 aromatic heterocycles. The largest absolute Gasteiger partial charge is 0.352 e. The number of carbonyl (C=O) groups is 1. The Kier molecular flexibility index (Phi) is 6.31. The van der Waals surface area contributed by atoms with Crippen molar-refractivity contribution >= 4 is 40.9 Å². The van der Waals surface area contributed by atoms with E-state index in [2.05, 4.69) is 10.6 Å². The van der Waals surface area contributed by atoms with Gasteiger partial charge in [-0.25, -0.2) is 4.39 Å². The van der Waals surface area contributed by atoms with Crippen LogP contribution in [-0.4, -0.2) is 25.5 Å². The van der Waals surface area contributed by atoms with E-state index in [1.54, 1.807) is 0 Å². The topological polar surface area (TPSA) is 41.1 Å². The van der Waals surface area contributed by atoms with Crippen molar-refractivity contribution in [3.63, 3.8) is 0 Å². The van der Waals surface area contributed by atoms with Gasteiger partial charge in [0.25, 0.3) is 5.91 Å². The van der Waals surface area contributed by atoms with Crippen molar-refractivity contribution in [3.05, 3.63) is 33.1 Å². The van der Waals surface area contributed by atoms with Gasteiger partial charge in [0.2, 0.25) is 0 Å². The van der Waals surface area contributed by atoms with Crippen LogP contribution >= 0.6 is 35.0 Å². The highest BCUT2D eigenvalue weighted by Gasteiger charge is 2.16. The van der Waals surface area contributed by atoms with Crippen LogP contribution in [0.2, 0.25) is 0 Å². The van der Waals surface area contributed by atoms with Gasteiger partial charge in [-0.1, -0.05) is 0 Å². The molecule has 1 aromatic rings. The third-order valence-electron chi connectivity index (χ3n) is 2.89. The zero-order valence-electron chi connectivity index (χ0n) is 9.71. The predicted molar refractivity (Wildman–Crippen MR) is 79.7 cm³/mol. The molecule has 2 rings (SSSR count). The molecule has 1 unspecified atom stereocenters. The zero-order chi connectivity index (χ0) is 12.3. The molecule has 2 N–H and O–H groups in total. The summed E-state index contributed by atoms with van der Waals surface area (Å²) in [5.41, 5.74) is 0.540. The summed E-state index contributed by atoms with van der Waals surface area (Å²) < 4.78 is 13.5. The normalized spacial score (nSPS) is 18.2. The van der Waals surface area contributed by atoms with Gasteiger partial charge in [0.15, 0.2) is 0 Å². The number of hydrogen-bond donors (Lipinski definition) is 2. The Balaban J connectivity index is 0.00000162. The van der Waals surface area contributed by atoms with Gasteiger partial charge in [0, 0.05) is 10.1 Å². The maximum Gasteiger partial charge on any atom is 0.252 e. The number of carbonyl (C=O) groups excluding carboxylic acids is 1. The molecule has 1 aliphatic rings. The SMILES string of the molecule is Cl.O=C(NCC1CCNC1)c1ccc(F)cc1I. The highest BCUT2D eigenvalue weighted by molar-refractivity contribution is 14.1. The average molecular weight is 385 g/mol. The Labute approximate surface area is 125 Å². The molecular formula is C12H15ClFIN2O. The van der Waals surface area contributed by atoms with Crippen molar-refractivity contribution in [2.24, 2.45) is 5.92 Å². The monoisotopic (exact) mass is 384 g/mol. The molecule has 3 nitrogen and oxygen atoms in total. The highest BCUT2D eigenvalue weighted by Crippen LogP contribution is 2.14. The number of hydrogen-bond acceptors (Lipinski definition) is 2. The summed E-state index contributed by atoms with van der Waals surface area (Å²) in [6.45, 7) is 2.66. The van der Waals surface area contributed by atoms with Crippen molar-refractivity contribution in [2.75, 3.05) is 19.6 Å². The van der Waals surface area contributed by atoms with Crippen LogP contribution in [0.5, 0.6) is 0 Å². The van der Waals surface area contributed by atoms with E-state index in [4.69, 9.17) is 0 Å². The van der Waals surface area contributed by atoms with Gasteiger partial charge in [-0.3, -0.25) is 4.79 Å². The Morgan fingerprint density at radius 2 is 2.33 bits per heavy atom. The van der Waals surface area contributed by atoms with Crippen LogP contribution in [-0.2, 0) is 0 Å². The van der Waals surface area contributed by atoms with Gasteiger partial charge in [0.1, 0.15) is 5.82 Å². The minimum absolute atomic E-state index is 0. The molecule has 0 spiro atoms. The fraction of sp³-hybridized carbons (Fsp3) is 0.417. The summed E-state index contributed by atoms with van der Waals surface area (Å²) in [6, 6.07) is 4.21. The molecule has 1 fully saturated rings. The molecule has 0 saturated carbocycles. The lowest BCUT2D eigenvalue weighted by atomic mass is 10.1. The first-order valence-electron chi connectivity index (χ1n) is 5.61. The summed E-state index contributed by atoms with van der Waals surface area (Å²) in [5.74, 6) is 0.0734. The van der Waals surface area contributed by atoms with Crippen LogP contribution in [0.15, 0.2) is 18.2 Å². The number of amides is 1. The lowest BCUT2D eigenvalue weighted by Gasteiger charge is -2.10. The molecule has 0 radical (unpaired) electrons. The third-order valence-corrected chi connectivity index (χ3v) is 3.78. The van der Waals surface area contributed by atoms with Gasteiger partial charge in [0.05, 0.1) is 5.56 Å². The summed E-state index contributed by atoms with van der Waals surface area (Å²) in [7, 11) is 0. The molecule has 1 aromatic carbocycles. The van der Waals surface area contributed by atoms with Crippen molar-refractivity contribution in [1.82, 2.24) is 10.6 Å². The Bertz CT molecular complexity index is 425. The minimum atomic E-state index is -0.314. The molecule has 100 valence electrons. The van der Waals surface area contributed by atoms with Gasteiger partial charge in [-0.2, -0.15) is 0 Å². The second-order valence-corrected chi connectivity index (χ2v) is 5.36. The first kappa shape index (κ1) is 15.7. The van der Waals surface area contributed by atoms with Crippen LogP contribution in [0.4, 0.5) is 4.39 Å². The number of halogens is 3. The summed E-state index contributed by atoms with van der Waals surface area (Å²) >= 11 is 1.98. The molecule has 0 aliphatic carbocycles. The second kappa shape index (κ2) is 7.25. The third kappa shape index (κ3) is 4.07. The lowest BCUT2D eigenvalue weighted by molar-refractivity contribution is 0.0947. The molecule has 1 amide bonds. The molecule has 6 heteroatoms. The van der Waals surface area contributed by atoms with E-state index in [9.17, 15) is 9.18 Å². The standard InChI is InChI=1S/C12H14FIN2O.ClH/c13-9-1-2-10(11(14)5-9)12(17)16-7-8-3-4-15-6-8;/h1-2,5,8,15H,3-4,6-7H2,(H,16,17);1H. The maximum atomic E-state index is 12.9. The van der Waals surface area contributed by atoms with Gasteiger partial charge in [-0.15, -0.1) is 12.4 Å². The molecule has 1 saturated heterocycles. The van der Waals surface area contributed by atoms with Crippen LogP contribution < -0.4 is 10.6 Å². The van der Waals surface area contributed by atoms with E-state index in [1.807, 2.05) is 22.6 Å². The molecular weight excluding hydrogens is 369 g/mol. The van der Waals surface area contributed by atoms with Crippen molar-refractivity contribution in [2.45, 2.75) is 6.42 Å². The summed E-state index contributed by atoms with van der Waals surface area (Å²) in [5, 5.41) is 6.15. The van der Waals surface area contributed by atoms with Crippen LogP contribution in [0.3, 0.4) is 0 Å². The molecule has 1 heterocycles. The second-order valence-electron chi connectivity index (χ2n) is 4.19. The van der Waals surface area contributed by atoms with E-state index in [-0.39, 0.29) is 24.1 Å². The Morgan fingerprint density at radius 1 is 1.56 bits per heavy atom. The van der Waals surface area contributed by atoms with Gasteiger partial charge >= 0.3 is 0 Å². The number of nitrogens with one attached hydrogen (secondary N) is 2. The smallest absolute Gasteiger partial charge is 0.252 e. The quantitative estimate of drug-likeness (QED) is 0.785. The Hall–Kier alpha value is -0.400. The van der Waals surface area contributed by atoms with Crippen molar-refractivity contribution < 1.29 is 9.18 Å². The first-order valence-corrected chi connectivity index (χ1v) is 6.68. The number of benzene rings is 1. The van der Waals surface area contributed by atoms with E-state index < -0.39 is 0 Å². The lowest BCUT2D eigenvalue weighted by Crippen LogP contribution is -2.30. The molecule has 1 aliphatic heterocycles. The Morgan fingerprint density at radius 3 is 2.94 bits per heavy atom. The molecule has 1 atom stereocenters. The van der Waals surface area contributed by atoms with E-state index in [0.717, 1.165) is 19.5 Å². The van der Waals surface area contributed by atoms with Crippen LogP contribution in [0.25, 0.3) is 0 Å². The zero-order valence-corrected chi connectivity index (χ0v) is 12.7. The molecule has 0 bridgehead atoms. The predicted octanol–water partition coefficient (Wildman–Crippen LogP) is 2.19. The van der Waals surface area contributed by atoms with Gasteiger partial charge in [-0.05, 0) is 66.2 Å². The fourth-order valence-electron chi connectivity index (χ4n) is 1.89. The van der Waals surface area contributed by atoms with Gasteiger partial charge < -0.3 is 10.6 Å². The average Bonchev–Trinajstić information content (AvgIpc) is 2.78. The maximum absolute atomic E-state index is 12.9. The van der Waals surface area contributed by atoms with Crippen molar-refractivity contribution in [3.8, 4) is 0 Å². The minimum Gasteiger partial charge on any atom is -0.352 e. The van der Waals surface area contributed by atoms with Crippen molar-refractivity contribution in [1.29, 1.82) is 0 Å². The van der Waals surface area contributed by atoms with E-state index in [1.165, 1.54) is 18.2 Å². The first-order chi connectivity index (χ1) is 8.16. The van der Waals surface area contributed by atoms with E-state index in [0.29, 0.717) is 21.6 Å². The summed E-state index contributed by atoms with van der Waals surface area (Å²) in [6.07, 6.45) is 1.10.